The van der Waals surface area contributed by atoms with E-state index in [9.17, 15) is 9.18 Å². The molecule has 0 atom stereocenters. The summed E-state index contributed by atoms with van der Waals surface area (Å²) in [6.45, 7) is 3.46. The lowest BCUT2D eigenvalue weighted by Crippen LogP contribution is -2.07. The summed E-state index contributed by atoms with van der Waals surface area (Å²) in [7, 11) is 0. The minimum Gasteiger partial charge on any atom is -0.399 e. The van der Waals surface area contributed by atoms with Crippen LogP contribution in [0.3, 0.4) is 0 Å². The topological polar surface area (TPSA) is 43.1 Å². The maximum atomic E-state index is 13.2. The molecule has 0 radical (unpaired) electrons. The lowest BCUT2D eigenvalue weighted by molar-refractivity contribution is 0.103. The molecule has 0 aromatic heterocycles. The number of nitrogen functional groups attached to an aromatic ring is 1. The summed E-state index contributed by atoms with van der Waals surface area (Å²) < 4.78 is 13.2. The Balaban J connectivity index is 2.53. The third-order valence-corrected chi connectivity index (χ3v) is 2.87. The number of anilines is 1. The van der Waals surface area contributed by atoms with Crippen LogP contribution in [0.2, 0.25) is 0 Å². The van der Waals surface area contributed by atoms with Gasteiger partial charge in [-0.05, 0) is 49.2 Å². The molecule has 0 fully saturated rings. The molecule has 2 aromatic rings. The van der Waals surface area contributed by atoms with Gasteiger partial charge in [0.25, 0.3) is 0 Å². The largest absolute Gasteiger partial charge is 0.399 e. The smallest absolute Gasteiger partial charge is 0.193 e. The highest BCUT2D eigenvalue weighted by atomic mass is 19.1. The Morgan fingerprint density at radius 2 is 1.72 bits per heavy atom. The Morgan fingerprint density at radius 3 is 2.28 bits per heavy atom. The zero-order chi connectivity index (χ0) is 13.3. The van der Waals surface area contributed by atoms with Crippen LogP contribution in [-0.4, -0.2) is 5.78 Å². The van der Waals surface area contributed by atoms with Crippen LogP contribution in [0.25, 0.3) is 0 Å². The third-order valence-electron chi connectivity index (χ3n) is 2.87. The molecule has 0 saturated carbocycles. The van der Waals surface area contributed by atoms with Crippen LogP contribution in [-0.2, 0) is 0 Å². The van der Waals surface area contributed by atoms with E-state index in [2.05, 4.69) is 0 Å². The van der Waals surface area contributed by atoms with E-state index in [4.69, 9.17) is 5.73 Å². The predicted octanol–water partition coefficient (Wildman–Crippen LogP) is 3.26. The highest BCUT2D eigenvalue weighted by Gasteiger charge is 2.15. The quantitative estimate of drug-likeness (QED) is 0.650. The first-order valence-corrected chi connectivity index (χ1v) is 5.66. The number of carbonyl (C=O) groups is 1. The number of benzene rings is 2. The summed E-state index contributed by atoms with van der Waals surface area (Å²) in [5.74, 6) is -0.452. The molecule has 3 heteroatoms. The van der Waals surface area contributed by atoms with E-state index in [1.807, 2.05) is 0 Å². The summed E-state index contributed by atoms with van der Waals surface area (Å²) >= 11 is 0. The van der Waals surface area contributed by atoms with Crippen molar-refractivity contribution >= 4 is 11.5 Å². The van der Waals surface area contributed by atoms with Gasteiger partial charge in [-0.2, -0.15) is 0 Å². The molecular formula is C15H14FNO. The molecule has 0 amide bonds. The van der Waals surface area contributed by atoms with Gasteiger partial charge in [0.05, 0.1) is 0 Å². The average molecular weight is 243 g/mol. The summed E-state index contributed by atoms with van der Waals surface area (Å²) in [5, 5.41) is 0. The van der Waals surface area contributed by atoms with E-state index >= 15 is 0 Å². The van der Waals surface area contributed by atoms with E-state index in [0.717, 1.165) is 0 Å². The molecule has 2 N–H and O–H groups in total. The first-order chi connectivity index (χ1) is 8.49. The molecule has 0 aliphatic carbocycles. The van der Waals surface area contributed by atoms with Gasteiger partial charge in [-0.25, -0.2) is 4.39 Å². The van der Waals surface area contributed by atoms with Crippen LogP contribution in [0.15, 0.2) is 36.4 Å². The Labute approximate surface area is 105 Å². The maximum Gasteiger partial charge on any atom is 0.193 e. The lowest BCUT2D eigenvalue weighted by Gasteiger charge is -2.09. The maximum absolute atomic E-state index is 13.2. The number of carbonyl (C=O) groups excluding carboxylic acids is 1. The average Bonchev–Trinajstić information content (AvgIpc) is 2.27. The molecule has 0 unspecified atom stereocenters. The molecule has 2 aromatic carbocycles. The van der Waals surface area contributed by atoms with Crippen molar-refractivity contribution in [2.75, 3.05) is 5.73 Å². The van der Waals surface area contributed by atoms with E-state index in [1.165, 1.54) is 12.1 Å². The van der Waals surface area contributed by atoms with Crippen molar-refractivity contribution in [1.29, 1.82) is 0 Å². The summed E-state index contributed by atoms with van der Waals surface area (Å²) in [6.07, 6.45) is 0. The fourth-order valence-corrected chi connectivity index (χ4v) is 2.09. The van der Waals surface area contributed by atoms with E-state index in [1.54, 1.807) is 38.1 Å². The second-order valence-corrected chi connectivity index (χ2v) is 4.37. The van der Waals surface area contributed by atoms with Crippen molar-refractivity contribution in [3.05, 3.63) is 64.5 Å². The minimum atomic E-state index is -0.325. The van der Waals surface area contributed by atoms with Crippen molar-refractivity contribution in [3.63, 3.8) is 0 Å². The second-order valence-electron chi connectivity index (χ2n) is 4.37. The van der Waals surface area contributed by atoms with Gasteiger partial charge in [0.15, 0.2) is 5.78 Å². The normalized spacial score (nSPS) is 10.4. The van der Waals surface area contributed by atoms with Crippen LogP contribution < -0.4 is 5.73 Å². The van der Waals surface area contributed by atoms with Gasteiger partial charge in [-0.3, -0.25) is 4.79 Å². The molecule has 0 aliphatic rings. The number of ketones is 1. The molecule has 2 nitrogen and oxygen atoms in total. The van der Waals surface area contributed by atoms with Crippen LogP contribution in [0.4, 0.5) is 10.1 Å². The summed E-state index contributed by atoms with van der Waals surface area (Å²) in [4.78, 5) is 12.4. The molecule has 0 bridgehead atoms. The fraction of sp³-hybridized carbons (Fsp3) is 0.133. The van der Waals surface area contributed by atoms with E-state index < -0.39 is 0 Å². The zero-order valence-corrected chi connectivity index (χ0v) is 10.3. The minimum absolute atomic E-state index is 0.127. The molecule has 0 saturated heterocycles. The van der Waals surface area contributed by atoms with Crippen molar-refractivity contribution in [2.45, 2.75) is 13.8 Å². The molecule has 0 heterocycles. The molecule has 2 rings (SSSR count). The van der Waals surface area contributed by atoms with Gasteiger partial charge >= 0.3 is 0 Å². The van der Waals surface area contributed by atoms with Crippen molar-refractivity contribution < 1.29 is 9.18 Å². The van der Waals surface area contributed by atoms with E-state index in [0.29, 0.717) is 27.9 Å². The number of rotatable bonds is 2. The number of hydrogen-bond donors (Lipinski definition) is 1. The van der Waals surface area contributed by atoms with E-state index in [-0.39, 0.29) is 11.6 Å². The monoisotopic (exact) mass is 243 g/mol. The van der Waals surface area contributed by atoms with Crippen LogP contribution in [0.1, 0.15) is 27.0 Å². The number of nitrogens with two attached hydrogens (primary N) is 1. The summed E-state index contributed by atoms with van der Waals surface area (Å²) in [6, 6.07) is 9.53. The van der Waals surface area contributed by atoms with Crippen molar-refractivity contribution in [2.24, 2.45) is 0 Å². The van der Waals surface area contributed by atoms with Gasteiger partial charge < -0.3 is 5.73 Å². The molecule has 18 heavy (non-hydrogen) atoms. The van der Waals surface area contributed by atoms with Gasteiger partial charge in [0, 0.05) is 16.8 Å². The Hall–Kier alpha value is -2.16. The fourth-order valence-electron chi connectivity index (χ4n) is 2.09. The van der Waals surface area contributed by atoms with Crippen molar-refractivity contribution in [3.8, 4) is 0 Å². The first kappa shape index (κ1) is 12.3. The highest BCUT2D eigenvalue weighted by molar-refractivity contribution is 6.11. The summed E-state index contributed by atoms with van der Waals surface area (Å²) in [5.41, 5.74) is 8.54. The van der Waals surface area contributed by atoms with Crippen LogP contribution >= 0.6 is 0 Å². The number of hydrogen-bond acceptors (Lipinski definition) is 2. The van der Waals surface area contributed by atoms with Gasteiger partial charge in [-0.1, -0.05) is 12.1 Å². The Kier molecular flexibility index (Phi) is 3.15. The first-order valence-electron chi connectivity index (χ1n) is 5.66. The Bertz CT molecular complexity index is 597. The molecule has 0 spiro atoms. The molecular weight excluding hydrogens is 229 g/mol. The SMILES string of the molecule is Cc1cc(F)cc(C)c1C(=O)c1cccc(N)c1. The van der Waals surface area contributed by atoms with Gasteiger partial charge in [0.1, 0.15) is 5.82 Å². The van der Waals surface area contributed by atoms with Crippen molar-refractivity contribution in [1.82, 2.24) is 0 Å². The molecule has 92 valence electrons. The Morgan fingerprint density at radius 1 is 1.11 bits per heavy atom. The van der Waals surface area contributed by atoms with Crippen LogP contribution in [0.5, 0.6) is 0 Å². The third kappa shape index (κ3) is 2.25. The highest BCUT2D eigenvalue weighted by Crippen LogP contribution is 2.20. The predicted molar refractivity (Wildman–Crippen MR) is 70.2 cm³/mol. The van der Waals surface area contributed by atoms with Gasteiger partial charge in [-0.15, -0.1) is 0 Å². The number of halogens is 1. The molecule has 0 aliphatic heterocycles. The second kappa shape index (κ2) is 4.61. The zero-order valence-electron chi connectivity index (χ0n) is 10.3. The lowest BCUT2D eigenvalue weighted by atomic mass is 9.94. The van der Waals surface area contributed by atoms with Crippen LogP contribution in [0, 0.1) is 19.7 Å². The number of aryl methyl sites for hydroxylation is 2. The standard InChI is InChI=1S/C15H14FNO/c1-9-6-12(16)7-10(2)14(9)15(18)11-4-3-5-13(17)8-11/h3-8H,17H2,1-2H3. The van der Waals surface area contributed by atoms with Gasteiger partial charge in [0.2, 0.25) is 0 Å².